The number of benzene rings is 2. The van der Waals surface area contributed by atoms with E-state index in [-0.39, 0.29) is 18.5 Å². The summed E-state index contributed by atoms with van der Waals surface area (Å²) in [7, 11) is 0. The third-order valence-corrected chi connectivity index (χ3v) is 5.84. The summed E-state index contributed by atoms with van der Waals surface area (Å²) in [6.45, 7) is 4.45. The van der Waals surface area contributed by atoms with Crippen LogP contribution in [0.3, 0.4) is 0 Å². The van der Waals surface area contributed by atoms with Gasteiger partial charge in [-0.2, -0.15) is 0 Å². The highest BCUT2D eigenvalue weighted by molar-refractivity contribution is 6.30. The minimum atomic E-state index is -1.41. The van der Waals surface area contributed by atoms with Crippen LogP contribution in [-0.2, 0) is 20.7 Å². The van der Waals surface area contributed by atoms with Gasteiger partial charge in [0.2, 0.25) is 5.91 Å². The number of aliphatic carboxylic acids is 1. The van der Waals surface area contributed by atoms with Gasteiger partial charge in [-0.05, 0) is 62.9 Å². The standard InChI is InChI=1S/C27H30ClFN6O6/c1-27(2,3)41-26(40)30-14-23(36)33-21(25(38)39)12-18(32-24(37)22-13-31-35-34-22)10-15-4-6-16(7-5-15)19-11-17(28)8-9-20(19)29/h4-9,11,13,18,21H,10,12,14H2,1-3H3,(H,30,40)(H,32,37)(H,33,36)(H,38,39)(H,31,34,35)/t18-,21-/m1/s1. The van der Waals surface area contributed by atoms with Crippen molar-refractivity contribution in [2.24, 2.45) is 0 Å². The lowest BCUT2D eigenvalue weighted by atomic mass is 9.96. The Balaban J connectivity index is 1.73. The summed E-state index contributed by atoms with van der Waals surface area (Å²) < 4.78 is 19.4. The van der Waals surface area contributed by atoms with Crippen molar-refractivity contribution in [1.82, 2.24) is 31.4 Å². The number of H-pyrrole nitrogens is 1. The first-order valence-electron chi connectivity index (χ1n) is 12.5. The lowest BCUT2D eigenvalue weighted by Gasteiger charge is -2.23. The van der Waals surface area contributed by atoms with E-state index in [1.165, 1.54) is 24.4 Å². The second-order valence-electron chi connectivity index (χ2n) is 10.1. The van der Waals surface area contributed by atoms with Crippen LogP contribution < -0.4 is 16.0 Å². The number of nitrogens with zero attached hydrogens (tertiary/aromatic N) is 2. The number of amides is 3. The van der Waals surface area contributed by atoms with E-state index in [1.54, 1.807) is 45.0 Å². The molecule has 5 N–H and O–H groups in total. The van der Waals surface area contributed by atoms with Crippen molar-refractivity contribution in [3.05, 3.63) is 70.8 Å². The predicted molar refractivity (Wildman–Crippen MR) is 147 cm³/mol. The van der Waals surface area contributed by atoms with Crippen LogP contribution in [0.25, 0.3) is 11.1 Å². The number of aromatic amines is 1. The molecule has 0 spiro atoms. The normalized spacial score (nSPS) is 12.6. The predicted octanol–water partition coefficient (Wildman–Crippen LogP) is 3.09. The molecule has 0 aliphatic rings. The Bertz CT molecular complexity index is 1380. The number of ether oxygens (including phenoxy) is 1. The Hall–Kier alpha value is -4.52. The first kappa shape index (κ1) is 31.0. The number of aromatic nitrogens is 3. The molecular weight excluding hydrogens is 559 g/mol. The maximum atomic E-state index is 14.3. The highest BCUT2D eigenvalue weighted by Crippen LogP contribution is 2.26. The van der Waals surface area contributed by atoms with Crippen LogP contribution in [0, 0.1) is 5.82 Å². The molecule has 0 saturated carbocycles. The summed E-state index contributed by atoms with van der Waals surface area (Å²) >= 11 is 6.00. The minimum absolute atomic E-state index is 0.0146. The number of rotatable bonds is 11. The molecule has 3 aromatic rings. The molecule has 1 heterocycles. The van der Waals surface area contributed by atoms with Crippen LogP contribution in [-0.4, -0.2) is 68.6 Å². The van der Waals surface area contributed by atoms with Crippen molar-refractivity contribution in [3.8, 4) is 11.1 Å². The fourth-order valence-corrected chi connectivity index (χ4v) is 3.98. The Labute approximate surface area is 240 Å². The first-order valence-corrected chi connectivity index (χ1v) is 12.9. The van der Waals surface area contributed by atoms with Gasteiger partial charge in [-0.3, -0.25) is 14.7 Å². The maximum Gasteiger partial charge on any atom is 0.408 e. The van der Waals surface area contributed by atoms with Gasteiger partial charge in [0.15, 0.2) is 5.69 Å². The summed E-state index contributed by atoms with van der Waals surface area (Å²) in [6.07, 6.45) is 0.400. The smallest absolute Gasteiger partial charge is 0.408 e. The second kappa shape index (κ2) is 13.7. The highest BCUT2D eigenvalue weighted by Gasteiger charge is 2.27. The fraction of sp³-hybridized carbons (Fsp3) is 0.333. The van der Waals surface area contributed by atoms with Gasteiger partial charge >= 0.3 is 12.1 Å². The third kappa shape index (κ3) is 9.87. The average Bonchev–Trinajstić information content (AvgIpc) is 3.43. The molecule has 2 atom stereocenters. The fourth-order valence-electron chi connectivity index (χ4n) is 3.81. The number of carboxylic acid groups (broad SMARTS) is 1. The van der Waals surface area contributed by atoms with Crippen molar-refractivity contribution in [1.29, 1.82) is 0 Å². The van der Waals surface area contributed by atoms with E-state index in [0.29, 0.717) is 21.7 Å². The van der Waals surface area contributed by atoms with E-state index >= 15 is 0 Å². The molecule has 0 fully saturated rings. The summed E-state index contributed by atoms with van der Waals surface area (Å²) in [6, 6.07) is 8.81. The Morgan fingerprint density at radius 3 is 2.41 bits per heavy atom. The molecule has 3 rings (SSSR count). The second-order valence-corrected chi connectivity index (χ2v) is 10.5. The first-order chi connectivity index (χ1) is 19.3. The quantitative estimate of drug-likeness (QED) is 0.227. The van der Waals surface area contributed by atoms with Gasteiger partial charge in [0.25, 0.3) is 5.91 Å². The van der Waals surface area contributed by atoms with Gasteiger partial charge in [0, 0.05) is 16.6 Å². The van der Waals surface area contributed by atoms with Gasteiger partial charge in [-0.15, -0.1) is 5.10 Å². The number of nitrogens with one attached hydrogen (secondary N) is 4. The molecular formula is C27H30ClFN6O6. The van der Waals surface area contributed by atoms with E-state index < -0.39 is 53.9 Å². The van der Waals surface area contributed by atoms with Crippen LogP contribution in [0.2, 0.25) is 5.02 Å². The Morgan fingerprint density at radius 2 is 1.80 bits per heavy atom. The van der Waals surface area contributed by atoms with E-state index in [4.69, 9.17) is 16.3 Å². The van der Waals surface area contributed by atoms with Crippen molar-refractivity contribution in [2.75, 3.05) is 6.54 Å². The highest BCUT2D eigenvalue weighted by atomic mass is 35.5. The van der Waals surface area contributed by atoms with E-state index in [0.717, 1.165) is 0 Å². The van der Waals surface area contributed by atoms with Crippen LogP contribution in [0.15, 0.2) is 48.7 Å². The molecule has 218 valence electrons. The molecule has 0 radical (unpaired) electrons. The zero-order chi connectivity index (χ0) is 30.2. The van der Waals surface area contributed by atoms with Crippen molar-refractivity contribution < 1.29 is 33.4 Å². The summed E-state index contributed by atoms with van der Waals surface area (Å²) in [5, 5.41) is 27.1. The molecule has 2 aromatic carbocycles. The number of halogens is 2. The van der Waals surface area contributed by atoms with Crippen LogP contribution >= 0.6 is 11.6 Å². The Morgan fingerprint density at radius 1 is 1.10 bits per heavy atom. The average molecular weight is 589 g/mol. The van der Waals surface area contributed by atoms with Crippen molar-refractivity contribution in [2.45, 2.75) is 51.3 Å². The monoisotopic (exact) mass is 588 g/mol. The lowest BCUT2D eigenvalue weighted by molar-refractivity contribution is -0.142. The van der Waals surface area contributed by atoms with E-state index in [9.17, 15) is 28.7 Å². The van der Waals surface area contributed by atoms with Crippen LogP contribution in [0.4, 0.5) is 9.18 Å². The number of alkyl carbamates (subject to hydrolysis) is 1. The molecule has 0 aliphatic carbocycles. The zero-order valence-electron chi connectivity index (χ0n) is 22.5. The maximum absolute atomic E-state index is 14.3. The molecule has 0 unspecified atom stereocenters. The van der Waals surface area contributed by atoms with E-state index in [2.05, 4.69) is 31.4 Å². The molecule has 0 saturated heterocycles. The minimum Gasteiger partial charge on any atom is -0.480 e. The Kier molecular flexibility index (Phi) is 10.4. The lowest BCUT2D eigenvalue weighted by Crippen LogP contribution is -2.50. The number of hydrogen-bond acceptors (Lipinski definition) is 7. The topological polar surface area (TPSA) is 175 Å². The largest absolute Gasteiger partial charge is 0.480 e. The van der Waals surface area contributed by atoms with Crippen LogP contribution in [0.5, 0.6) is 0 Å². The van der Waals surface area contributed by atoms with Gasteiger partial charge in [0.05, 0.1) is 6.20 Å². The van der Waals surface area contributed by atoms with Crippen molar-refractivity contribution >= 4 is 35.5 Å². The summed E-state index contributed by atoms with van der Waals surface area (Å²) in [5.41, 5.74) is 0.793. The molecule has 0 bridgehead atoms. The van der Waals surface area contributed by atoms with Gasteiger partial charge in [-0.25, -0.2) is 14.0 Å². The zero-order valence-corrected chi connectivity index (χ0v) is 23.3. The third-order valence-electron chi connectivity index (χ3n) is 5.61. The summed E-state index contributed by atoms with van der Waals surface area (Å²) in [4.78, 5) is 48.9. The van der Waals surface area contributed by atoms with Gasteiger partial charge < -0.3 is 25.8 Å². The number of carbonyl (C=O) groups is 4. The van der Waals surface area contributed by atoms with Crippen LogP contribution in [0.1, 0.15) is 43.2 Å². The number of carbonyl (C=O) groups excluding carboxylic acids is 3. The summed E-state index contributed by atoms with van der Waals surface area (Å²) in [5.74, 6) is -3.16. The molecule has 1 aromatic heterocycles. The van der Waals surface area contributed by atoms with Gasteiger partial charge in [0.1, 0.15) is 24.0 Å². The molecule has 41 heavy (non-hydrogen) atoms. The molecule has 3 amide bonds. The van der Waals surface area contributed by atoms with Gasteiger partial charge in [-0.1, -0.05) is 41.1 Å². The molecule has 14 heteroatoms. The van der Waals surface area contributed by atoms with Crippen molar-refractivity contribution in [3.63, 3.8) is 0 Å². The molecule has 12 nitrogen and oxygen atoms in total. The SMILES string of the molecule is CC(C)(C)OC(=O)NCC(=O)N[C@H](C[C@@H](Cc1ccc(-c2cc(Cl)ccc2F)cc1)NC(=O)c1c[nH]nn1)C(=O)O. The molecule has 0 aliphatic heterocycles. The number of hydrogen-bond donors (Lipinski definition) is 5. The number of carboxylic acids is 1. The van der Waals surface area contributed by atoms with E-state index in [1.807, 2.05) is 0 Å².